The Morgan fingerprint density at radius 3 is 2.53 bits per heavy atom. The van der Waals surface area contributed by atoms with Crippen molar-refractivity contribution in [2.75, 3.05) is 0 Å². The lowest BCUT2D eigenvalue weighted by atomic mass is 9.74. The van der Waals surface area contributed by atoms with Crippen LogP contribution >= 0.6 is 12.6 Å². The fourth-order valence-electron chi connectivity index (χ4n) is 2.13. The number of rotatable bonds is 0. The topological polar surface area (TPSA) is 38.4 Å². The van der Waals surface area contributed by atoms with Crippen molar-refractivity contribution in [2.24, 2.45) is 22.1 Å². The summed E-state index contributed by atoms with van der Waals surface area (Å²) < 4.78 is -0.0784. The number of allylic oxidation sites excluding steroid dienone is 1. The molecule has 0 bridgehead atoms. The van der Waals surface area contributed by atoms with Gasteiger partial charge in [0.25, 0.3) is 0 Å². The summed E-state index contributed by atoms with van der Waals surface area (Å²) in [5, 5.41) is 0. The first-order valence-corrected chi connectivity index (χ1v) is 5.81. The van der Waals surface area contributed by atoms with Crippen LogP contribution in [-0.2, 0) is 0 Å². The summed E-state index contributed by atoms with van der Waals surface area (Å²) in [7, 11) is 0. The second-order valence-corrected chi connectivity index (χ2v) is 6.97. The van der Waals surface area contributed by atoms with E-state index >= 15 is 0 Å². The van der Waals surface area contributed by atoms with Crippen LogP contribution in [0.15, 0.2) is 17.3 Å². The van der Waals surface area contributed by atoms with Crippen molar-refractivity contribution in [3.63, 3.8) is 0 Å². The van der Waals surface area contributed by atoms with Crippen LogP contribution in [0.25, 0.3) is 0 Å². The predicted octanol–water partition coefficient (Wildman–Crippen LogP) is 3.00. The van der Waals surface area contributed by atoms with Crippen molar-refractivity contribution in [3.8, 4) is 0 Å². The molecule has 3 heteroatoms. The lowest BCUT2D eigenvalue weighted by Crippen LogP contribution is -2.30. The number of thiol groups is 1. The van der Waals surface area contributed by atoms with Gasteiger partial charge in [0.1, 0.15) is 5.84 Å². The maximum Gasteiger partial charge on any atom is 0.101 e. The van der Waals surface area contributed by atoms with Crippen LogP contribution in [0.2, 0.25) is 0 Å². The molecular formula is C12H22N2S. The molecular weight excluding hydrogens is 204 g/mol. The maximum absolute atomic E-state index is 5.85. The summed E-state index contributed by atoms with van der Waals surface area (Å²) in [6.07, 6.45) is 1.71. The Bertz CT molecular complexity index is 297. The average Bonchev–Trinajstić information content (AvgIpc) is 2.04. The third kappa shape index (κ3) is 3.26. The molecule has 2 atom stereocenters. The van der Waals surface area contributed by atoms with Gasteiger partial charge >= 0.3 is 0 Å². The van der Waals surface area contributed by atoms with Crippen molar-refractivity contribution in [1.29, 1.82) is 0 Å². The number of hydrogen-bond donors (Lipinski definition) is 2. The van der Waals surface area contributed by atoms with Crippen LogP contribution < -0.4 is 5.73 Å². The molecule has 0 saturated carbocycles. The van der Waals surface area contributed by atoms with Gasteiger partial charge in [0.2, 0.25) is 0 Å². The predicted molar refractivity (Wildman–Crippen MR) is 70.3 cm³/mol. The van der Waals surface area contributed by atoms with Gasteiger partial charge in [-0.05, 0) is 11.8 Å². The standard InChI is InChI=1S/C12H22N2S/c1-8-9(11(2,3)4)6-12(5,15)7-10(13)14-8/h9,15H,1,6-7H2,2-5H3,(H2,13,14). The van der Waals surface area contributed by atoms with E-state index in [9.17, 15) is 0 Å². The first-order chi connectivity index (χ1) is 6.62. The number of nitrogens with two attached hydrogens (primary N) is 1. The number of nitrogens with zero attached hydrogens (tertiary/aromatic N) is 1. The second kappa shape index (κ2) is 3.85. The third-order valence-electron chi connectivity index (χ3n) is 2.94. The molecule has 1 aliphatic heterocycles. The van der Waals surface area contributed by atoms with Gasteiger partial charge in [-0.1, -0.05) is 34.3 Å². The highest BCUT2D eigenvalue weighted by molar-refractivity contribution is 7.81. The van der Waals surface area contributed by atoms with Gasteiger partial charge in [0.15, 0.2) is 0 Å². The molecule has 0 spiro atoms. The molecule has 0 aromatic rings. The van der Waals surface area contributed by atoms with Gasteiger partial charge in [-0.15, -0.1) is 0 Å². The summed E-state index contributed by atoms with van der Waals surface area (Å²) in [5.74, 6) is 1.00. The molecule has 0 fully saturated rings. The molecule has 0 aliphatic carbocycles. The van der Waals surface area contributed by atoms with Crippen molar-refractivity contribution >= 4 is 18.5 Å². The number of aliphatic imine (C=N–C) groups is 1. The first kappa shape index (κ1) is 12.6. The zero-order valence-electron chi connectivity index (χ0n) is 10.2. The summed E-state index contributed by atoms with van der Waals surface area (Å²) in [6.45, 7) is 12.8. The highest BCUT2D eigenvalue weighted by Gasteiger charge is 2.36. The Kier molecular flexibility index (Phi) is 3.24. The van der Waals surface area contributed by atoms with Crippen LogP contribution in [0.4, 0.5) is 0 Å². The Morgan fingerprint density at radius 1 is 1.53 bits per heavy atom. The van der Waals surface area contributed by atoms with E-state index in [1.165, 1.54) is 0 Å². The molecule has 2 N–H and O–H groups in total. The Labute approximate surface area is 98.4 Å². The second-order valence-electron chi connectivity index (χ2n) is 5.89. The van der Waals surface area contributed by atoms with Gasteiger partial charge in [-0.2, -0.15) is 12.6 Å². The summed E-state index contributed by atoms with van der Waals surface area (Å²) in [6, 6.07) is 0. The zero-order valence-corrected chi connectivity index (χ0v) is 11.1. The van der Waals surface area contributed by atoms with Crippen LogP contribution in [0, 0.1) is 11.3 Å². The Morgan fingerprint density at radius 2 is 2.07 bits per heavy atom. The van der Waals surface area contributed by atoms with Crippen LogP contribution in [-0.4, -0.2) is 10.6 Å². The SMILES string of the molecule is C=C1N=C(N)CC(C)(S)CC1C(C)(C)C. The lowest BCUT2D eigenvalue weighted by molar-refractivity contribution is 0.249. The molecule has 1 rings (SSSR count). The van der Waals surface area contributed by atoms with E-state index in [2.05, 4.69) is 51.9 Å². The van der Waals surface area contributed by atoms with Crippen molar-refractivity contribution in [1.82, 2.24) is 0 Å². The molecule has 1 heterocycles. The van der Waals surface area contributed by atoms with Gasteiger partial charge in [-0.25, -0.2) is 4.99 Å². The summed E-state index contributed by atoms with van der Waals surface area (Å²) >= 11 is 4.68. The maximum atomic E-state index is 5.85. The quantitative estimate of drug-likeness (QED) is 0.612. The van der Waals surface area contributed by atoms with Crippen molar-refractivity contribution < 1.29 is 0 Å². The highest BCUT2D eigenvalue weighted by Crippen LogP contribution is 2.42. The lowest BCUT2D eigenvalue weighted by Gasteiger charge is -2.34. The van der Waals surface area contributed by atoms with E-state index in [1.807, 2.05) is 0 Å². The molecule has 0 radical (unpaired) electrons. The van der Waals surface area contributed by atoms with E-state index in [-0.39, 0.29) is 10.2 Å². The normalized spacial score (nSPS) is 33.5. The van der Waals surface area contributed by atoms with Gasteiger partial charge in [0.05, 0.1) is 0 Å². The van der Waals surface area contributed by atoms with Gasteiger partial charge in [-0.3, -0.25) is 0 Å². The fraction of sp³-hybridized carbons (Fsp3) is 0.750. The largest absolute Gasteiger partial charge is 0.387 e. The minimum absolute atomic E-state index is 0.0784. The highest BCUT2D eigenvalue weighted by atomic mass is 32.1. The van der Waals surface area contributed by atoms with E-state index in [0.717, 1.165) is 18.5 Å². The minimum atomic E-state index is -0.0784. The molecule has 15 heavy (non-hydrogen) atoms. The Hall–Kier alpha value is -0.440. The zero-order chi connectivity index (χ0) is 11.9. The van der Waals surface area contributed by atoms with Gasteiger partial charge < -0.3 is 5.73 Å². The van der Waals surface area contributed by atoms with E-state index in [0.29, 0.717) is 11.8 Å². The van der Waals surface area contributed by atoms with Crippen molar-refractivity contribution in [2.45, 2.75) is 45.3 Å². The number of hydrogen-bond acceptors (Lipinski definition) is 3. The van der Waals surface area contributed by atoms with E-state index in [4.69, 9.17) is 5.73 Å². The van der Waals surface area contributed by atoms with Crippen molar-refractivity contribution in [3.05, 3.63) is 12.3 Å². The molecule has 2 nitrogen and oxygen atoms in total. The summed E-state index contributed by atoms with van der Waals surface area (Å²) in [5.41, 5.74) is 6.91. The number of amidine groups is 1. The molecule has 86 valence electrons. The van der Waals surface area contributed by atoms with Gasteiger partial charge in [0, 0.05) is 22.8 Å². The molecule has 0 aromatic carbocycles. The van der Waals surface area contributed by atoms with Crippen LogP contribution in [0.3, 0.4) is 0 Å². The average molecular weight is 226 g/mol. The monoisotopic (exact) mass is 226 g/mol. The van der Waals surface area contributed by atoms with Crippen LogP contribution in [0.1, 0.15) is 40.5 Å². The smallest absolute Gasteiger partial charge is 0.101 e. The Balaban J connectivity index is 3.04. The fourth-order valence-corrected chi connectivity index (χ4v) is 2.47. The molecule has 0 amide bonds. The molecule has 1 aliphatic rings. The first-order valence-electron chi connectivity index (χ1n) is 5.36. The van der Waals surface area contributed by atoms with E-state index in [1.54, 1.807) is 0 Å². The molecule has 0 aromatic heterocycles. The van der Waals surface area contributed by atoms with Crippen LogP contribution in [0.5, 0.6) is 0 Å². The summed E-state index contributed by atoms with van der Waals surface area (Å²) in [4.78, 5) is 4.37. The molecule has 2 unspecified atom stereocenters. The minimum Gasteiger partial charge on any atom is -0.387 e. The van der Waals surface area contributed by atoms with E-state index < -0.39 is 0 Å². The molecule has 0 saturated heterocycles. The third-order valence-corrected chi connectivity index (χ3v) is 3.28.